The molecule has 1 unspecified atom stereocenters. The van der Waals surface area contributed by atoms with Gasteiger partial charge in [0.25, 0.3) is 0 Å². The summed E-state index contributed by atoms with van der Waals surface area (Å²) in [5.74, 6) is 3.55. The molecule has 174 valence electrons. The van der Waals surface area contributed by atoms with Gasteiger partial charge in [0, 0.05) is 32.3 Å². The molecule has 33 heavy (non-hydrogen) atoms. The van der Waals surface area contributed by atoms with Crippen LogP contribution < -0.4 is 24.8 Å². The fourth-order valence-electron chi connectivity index (χ4n) is 3.48. The standard InChI is InChI=1S/C25H28N4O3.HI/c1-3-30-22-10-6-7-11-23(22)32-24-13-12-18(15-27-24)16-28-25(26-2)29-17-20-14-19-8-4-5-9-21(19)31-20;/h4-13,15,20H,3,14,16-17H2,1-2H3,(H2,26,28,29);1H. The highest BCUT2D eigenvalue weighted by atomic mass is 127. The second-order valence-corrected chi connectivity index (χ2v) is 7.34. The smallest absolute Gasteiger partial charge is 0.219 e. The number of halogens is 1. The number of nitrogens with zero attached hydrogens (tertiary/aromatic N) is 2. The summed E-state index contributed by atoms with van der Waals surface area (Å²) in [5, 5.41) is 6.64. The topological polar surface area (TPSA) is 77.0 Å². The van der Waals surface area contributed by atoms with Crippen molar-refractivity contribution in [2.45, 2.75) is 26.0 Å². The third-order valence-corrected chi connectivity index (χ3v) is 5.06. The zero-order valence-corrected chi connectivity index (χ0v) is 21.1. The minimum absolute atomic E-state index is 0. The molecule has 0 spiro atoms. The number of para-hydroxylation sites is 3. The predicted molar refractivity (Wildman–Crippen MR) is 140 cm³/mol. The summed E-state index contributed by atoms with van der Waals surface area (Å²) in [6.07, 6.45) is 2.79. The molecule has 3 aromatic rings. The molecular weight excluding hydrogens is 531 g/mol. The van der Waals surface area contributed by atoms with Crippen molar-refractivity contribution >= 4 is 29.9 Å². The molecule has 1 aromatic heterocycles. The van der Waals surface area contributed by atoms with E-state index < -0.39 is 0 Å². The monoisotopic (exact) mass is 560 g/mol. The quantitative estimate of drug-likeness (QED) is 0.239. The second kappa shape index (κ2) is 12.3. The number of aromatic nitrogens is 1. The largest absolute Gasteiger partial charge is 0.490 e. The highest BCUT2D eigenvalue weighted by molar-refractivity contribution is 14.0. The molecule has 1 aliphatic rings. The first-order valence-corrected chi connectivity index (χ1v) is 10.8. The van der Waals surface area contributed by atoms with E-state index in [2.05, 4.69) is 26.7 Å². The van der Waals surface area contributed by atoms with Gasteiger partial charge in [-0.2, -0.15) is 0 Å². The third kappa shape index (κ3) is 6.74. The number of nitrogens with one attached hydrogen (secondary N) is 2. The molecule has 4 rings (SSSR count). The van der Waals surface area contributed by atoms with E-state index in [9.17, 15) is 0 Å². The summed E-state index contributed by atoms with van der Waals surface area (Å²) in [5.41, 5.74) is 2.27. The van der Waals surface area contributed by atoms with E-state index in [1.54, 1.807) is 13.2 Å². The summed E-state index contributed by atoms with van der Waals surface area (Å²) in [6.45, 7) is 3.79. The van der Waals surface area contributed by atoms with Crippen molar-refractivity contribution in [2.24, 2.45) is 4.99 Å². The van der Waals surface area contributed by atoms with Gasteiger partial charge in [0.1, 0.15) is 11.9 Å². The Morgan fingerprint density at radius 3 is 2.58 bits per heavy atom. The number of hydrogen-bond donors (Lipinski definition) is 2. The molecule has 0 saturated heterocycles. The average Bonchev–Trinajstić information content (AvgIpc) is 3.25. The van der Waals surface area contributed by atoms with E-state index in [0.29, 0.717) is 37.1 Å². The van der Waals surface area contributed by atoms with Gasteiger partial charge in [-0.3, -0.25) is 4.99 Å². The summed E-state index contributed by atoms with van der Waals surface area (Å²) in [4.78, 5) is 8.71. The number of rotatable bonds is 8. The van der Waals surface area contributed by atoms with Crippen LogP contribution in [0, 0.1) is 0 Å². The second-order valence-electron chi connectivity index (χ2n) is 7.34. The van der Waals surface area contributed by atoms with Crippen molar-refractivity contribution in [3.63, 3.8) is 0 Å². The van der Waals surface area contributed by atoms with Crippen LogP contribution in [0.4, 0.5) is 0 Å². The maximum atomic E-state index is 5.97. The Labute approximate surface area is 211 Å². The average molecular weight is 560 g/mol. The number of aliphatic imine (C=N–C) groups is 1. The van der Waals surface area contributed by atoms with E-state index in [-0.39, 0.29) is 30.1 Å². The lowest BCUT2D eigenvalue weighted by Crippen LogP contribution is -2.41. The molecule has 0 radical (unpaired) electrons. The van der Waals surface area contributed by atoms with Crippen LogP contribution in [0.15, 0.2) is 71.9 Å². The van der Waals surface area contributed by atoms with Crippen LogP contribution in [0.3, 0.4) is 0 Å². The van der Waals surface area contributed by atoms with E-state index in [1.807, 2.05) is 61.5 Å². The Hall–Kier alpha value is -3.01. The van der Waals surface area contributed by atoms with Crippen LogP contribution in [0.2, 0.25) is 0 Å². The number of guanidine groups is 1. The van der Waals surface area contributed by atoms with Gasteiger partial charge in [-0.15, -0.1) is 24.0 Å². The summed E-state index contributed by atoms with van der Waals surface area (Å²) >= 11 is 0. The Morgan fingerprint density at radius 2 is 1.85 bits per heavy atom. The highest BCUT2D eigenvalue weighted by Gasteiger charge is 2.22. The van der Waals surface area contributed by atoms with Crippen LogP contribution in [0.5, 0.6) is 23.1 Å². The zero-order chi connectivity index (χ0) is 22.2. The van der Waals surface area contributed by atoms with Gasteiger partial charge >= 0.3 is 0 Å². The molecule has 1 atom stereocenters. The van der Waals surface area contributed by atoms with Gasteiger partial charge in [-0.1, -0.05) is 36.4 Å². The van der Waals surface area contributed by atoms with Crippen molar-refractivity contribution in [1.29, 1.82) is 0 Å². The van der Waals surface area contributed by atoms with Gasteiger partial charge in [-0.25, -0.2) is 4.98 Å². The molecule has 0 amide bonds. The van der Waals surface area contributed by atoms with Gasteiger partial charge in [0.2, 0.25) is 5.88 Å². The molecule has 2 N–H and O–H groups in total. The first-order chi connectivity index (χ1) is 15.7. The lowest BCUT2D eigenvalue weighted by Gasteiger charge is -2.15. The minimum atomic E-state index is 0. The SMILES string of the molecule is CCOc1ccccc1Oc1ccc(CNC(=NC)NCC2Cc3ccccc3O2)cn1.I. The molecule has 2 aromatic carbocycles. The van der Waals surface area contributed by atoms with Gasteiger partial charge in [0.05, 0.1) is 13.2 Å². The number of benzene rings is 2. The minimum Gasteiger partial charge on any atom is -0.490 e. The van der Waals surface area contributed by atoms with E-state index in [4.69, 9.17) is 14.2 Å². The molecule has 0 fully saturated rings. The maximum Gasteiger partial charge on any atom is 0.219 e. The molecule has 0 saturated carbocycles. The van der Waals surface area contributed by atoms with Gasteiger partial charge in [-0.05, 0) is 36.2 Å². The third-order valence-electron chi connectivity index (χ3n) is 5.06. The molecule has 0 bridgehead atoms. The number of fused-ring (bicyclic) bond motifs is 1. The lowest BCUT2D eigenvalue weighted by molar-refractivity contribution is 0.235. The van der Waals surface area contributed by atoms with Crippen molar-refractivity contribution in [3.05, 3.63) is 78.0 Å². The maximum absolute atomic E-state index is 5.97. The lowest BCUT2D eigenvalue weighted by atomic mass is 10.1. The van der Waals surface area contributed by atoms with E-state index in [0.717, 1.165) is 23.7 Å². The Morgan fingerprint density at radius 1 is 1.06 bits per heavy atom. The van der Waals surface area contributed by atoms with Crippen molar-refractivity contribution in [3.8, 4) is 23.1 Å². The summed E-state index contributed by atoms with van der Waals surface area (Å²) < 4.78 is 17.4. The van der Waals surface area contributed by atoms with Crippen molar-refractivity contribution < 1.29 is 14.2 Å². The first kappa shape index (κ1) is 24.6. The first-order valence-electron chi connectivity index (χ1n) is 10.8. The van der Waals surface area contributed by atoms with E-state index in [1.165, 1.54) is 5.56 Å². The molecule has 8 heteroatoms. The van der Waals surface area contributed by atoms with Crippen LogP contribution in [0.25, 0.3) is 0 Å². The molecule has 0 aliphatic carbocycles. The summed E-state index contributed by atoms with van der Waals surface area (Å²) in [7, 11) is 1.75. The Balaban J connectivity index is 0.00000306. The zero-order valence-electron chi connectivity index (χ0n) is 18.8. The summed E-state index contributed by atoms with van der Waals surface area (Å²) in [6, 6.07) is 19.6. The molecular formula is C25H29IN4O3. The number of hydrogen-bond acceptors (Lipinski definition) is 5. The molecule has 2 heterocycles. The van der Waals surface area contributed by atoms with E-state index >= 15 is 0 Å². The number of ether oxygens (including phenoxy) is 3. The van der Waals surface area contributed by atoms with Crippen molar-refractivity contribution in [1.82, 2.24) is 15.6 Å². The fraction of sp³-hybridized carbons (Fsp3) is 0.280. The van der Waals surface area contributed by atoms with Crippen molar-refractivity contribution in [2.75, 3.05) is 20.2 Å². The Bertz CT molecular complexity index is 1030. The van der Waals surface area contributed by atoms with Gasteiger partial charge < -0.3 is 24.8 Å². The highest BCUT2D eigenvalue weighted by Crippen LogP contribution is 2.30. The Kier molecular flexibility index (Phi) is 9.17. The predicted octanol–water partition coefficient (Wildman–Crippen LogP) is 4.56. The van der Waals surface area contributed by atoms with Crippen LogP contribution in [-0.2, 0) is 13.0 Å². The molecule has 7 nitrogen and oxygen atoms in total. The van der Waals surface area contributed by atoms with Crippen LogP contribution in [0.1, 0.15) is 18.1 Å². The molecule has 1 aliphatic heterocycles. The van der Waals surface area contributed by atoms with Crippen LogP contribution in [-0.4, -0.2) is 37.2 Å². The van der Waals surface area contributed by atoms with Crippen LogP contribution >= 0.6 is 24.0 Å². The van der Waals surface area contributed by atoms with Gasteiger partial charge in [0.15, 0.2) is 17.5 Å². The normalized spacial score (nSPS) is 14.5. The fourth-order valence-corrected chi connectivity index (χ4v) is 3.48. The number of pyridine rings is 1.